The highest BCUT2D eigenvalue weighted by molar-refractivity contribution is 6.11. The summed E-state index contributed by atoms with van der Waals surface area (Å²) in [6.45, 7) is 6.40. The molecule has 3 nitrogen and oxygen atoms in total. The Balaban J connectivity index is 0. The normalized spacial score (nSPS) is 12.0. The van der Waals surface area contributed by atoms with Crippen molar-refractivity contribution >= 4 is 24.0 Å². The summed E-state index contributed by atoms with van der Waals surface area (Å²) in [5.74, 6) is 0.209. The second-order valence-electron chi connectivity index (χ2n) is 13.5. The molecule has 0 aliphatic heterocycles. The molecule has 0 saturated heterocycles. The van der Waals surface area contributed by atoms with Crippen molar-refractivity contribution in [1.29, 1.82) is 0 Å². The van der Waals surface area contributed by atoms with Gasteiger partial charge in [0, 0.05) is 12.8 Å². The lowest BCUT2D eigenvalue weighted by molar-refractivity contribution is -0.141. The fraction of sp³-hybridized carbons (Fsp3) is 0.850. The molecular weight excluding hydrogens is 562 g/mol. The third-order valence-corrected chi connectivity index (χ3v) is 9.31. The van der Waals surface area contributed by atoms with Crippen molar-refractivity contribution in [3.8, 4) is 0 Å². The van der Waals surface area contributed by atoms with Gasteiger partial charge in [0.1, 0.15) is 5.54 Å². The van der Waals surface area contributed by atoms with E-state index in [-0.39, 0.29) is 24.0 Å². The van der Waals surface area contributed by atoms with Crippen molar-refractivity contribution in [2.45, 2.75) is 206 Å². The van der Waals surface area contributed by atoms with Crippen LogP contribution >= 0.6 is 12.4 Å². The number of halogens is 1. The van der Waals surface area contributed by atoms with Crippen molar-refractivity contribution < 1.29 is 9.59 Å². The zero-order valence-electron chi connectivity index (χ0n) is 30.3. The summed E-state index contributed by atoms with van der Waals surface area (Å²) in [6, 6.07) is 0. The minimum absolute atomic E-state index is 0. The van der Waals surface area contributed by atoms with Gasteiger partial charge in [-0.25, -0.2) is 0 Å². The fourth-order valence-electron chi connectivity index (χ4n) is 5.85. The van der Waals surface area contributed by atoms with Gasteiger partial charge in [0.05, 0.1) is 0 Å². The number of carbonyl (C=O) groups is 2. The number of unbranched alkanes of at least 4 members (excludes halogenated alkanes) is 22. The fourth-order valence-corrected chi connectivity index (χ4v) is 5.85. The molecule has 260 valence electrons. The van der Waals surface area contributed by atoms with E-state index in [0.717, 1.165) is 25.7 Å². The molecule has 4 heteroatoms. The quantitative estimate of drug-likeness (QED) is 0.0408. The van der Waals surface area contributed by atoms with E-state index in [4.69, 9.17) is 0 Å². The monoisotopic (exact) mass is 638 g/mol. The van der Waals surface area contributed by atoms with Crippen LogP contribution in [0.5, 0.6) is 0 Å². The molecule has 0 rings (SSSR count). The maximum atomic E-state index is 13.2. The average Bonchev–Trinajstić information content (AvgIpc) is 3.00. The number of nitrogens with zero attached hydrogens (tertiary/aromatic N) is 1. The predicted molar refractivity (Wildman–Crippen MR) is 198 cm³/mol. The minimum atomic E-state index is -0.971. The van der Waals surface area contributed by atoms with Crippen LogP contribution in [0.2, 0.25) is 0 Å². The first-order chi connectivity index (χ1) is 20.9. The maximum Gasteiger partial charge on any atom is 0.160 e. The van der Waals surface area contributed by atoms with E-state index >= 15 is 0 Å². The standard InChI is InChI=1S/C40H75NO2.ClH/c1-6-8-10-12-14-16-18-20-22-24-26-28-30-32-34-36-38(42)40(3,41(4)5)39(43)37-35-33-31-29-27-25-23-21-19-17-15-13-11-9-7-2;/h20-23H,6-19,24-37H2,1-5H3;1H/b22-20-,23-21-;. The van der Waals surface area contributed by atoms with Crippen molar-refractivity contribution in [2.75, 3.05) is 14.1 Å². The number of ketones is 2. The van der Waals surface area contributed by atoms with Gasteiger partial charge in [-0.3, -0.25) is 14.5 Å². The SMILES string of the molecule is CCCCCCCC/C=C\CCCCCCCC(=O)C(C)(C(=O)CCCCCCC/C=C\CCCCCCCC)N(C)C.Cl. The van der Waals surface area contributed by atoms with Crippen molar-refractivity contribution in [2.24, 2.45) is 0 Å². The van der Waals surface area contributed by atoms with Crippen LogP contribution in [0.25, 0.3) is 0 Å². The Kier molecular flexibility index (Phi) is 34.3. The zero-order valence-corrected chi connectivity index (χ0v) is 31.1. The lowest BCUT2D eigenvalue weighted by Gasteiger charge is -2.33. The Morgan fingerprint density at radius 3 is 0.977 bits per heavy atom. The van der Waals surface area contributed by atoms with Crippen molar-refractivity contribution in [3.05, 3.63) is 24.3 Å². The van der Waals surface area contributed by atoms with Crippen LogP contribution in [0.15, 0.2) is 24.3 Å². The second kappa shape index (κ2) is 33.4. The molecule has 0 aromatic heterocycles. The Labute approximate surface area is 282 Å². The van der Waals surface area contributed by atoms with E-state index in [1.807, 2.05) is 25.9 Å². The highest BCUT2D eigenvalue weighted by Gasteiger charge is 2.41. The average molecular weight is 639 g/mol. The Hall–Kier alpha value is -0.930. The van der Waals surface area contributed by atoms with Crippen LogP contribution in [0.3, 0.4) is 0 Å². The van der Waals surface area contributed by atoms with Crippen LogP contribution in [0, 0.1) is 0 Å². The molecule has 0 bridgehead atoms. The van der Waals surface area contributed by atoms with Crippen LogP contribution in [0.4, 0.5) is 0 Å². The van der Waals surface area contributed by atoms with Gasteiger partial charge in [-0.15, -0.1) is 12.4 Å². The lowest BCUT2D eigenvalue weighted by atomic mass is 9.84. The first-order valence-electron chi connectivity index (χ1n) is 18.9. The summed E-state index contributed by atoms with van der Waals surface area (Å²) in [5.41, 5.74) is -0.971. The zero-order chi connectivity index (χ0) is 31.9. The summed E-state index contributed by atoms with van der Waals surface area (Å²) < 4.78 is 0. The van der Waals surface area contributed by atoms with Gasteiger partial charge < -0.3 is 0 Å². The van der Waals surface area contributed by atoms with E-state index in [0.29, 0.717) is 12.8 Å². The highest BCUT2D eigenvalue weighted by atomic mass is 35.5. The highest BCUT2D eigenvalue weighted by Crippen LogP contribution is 2.22. The van der Waals surface area contributed by atoms with E-state index in [1.165, 1.54) is 141 Å². The molecule has 0 saturated carbocycles. The lowest BCUT2D eigenvalue weighted by Crippen LogP contribution is -2.54. The number of rotatable bonds is 33. The smallest absolute Gasteiger partial charge is 0.160 e. The summed E-state index contributed by atoms with van der Waals surface area (Å²) in [4.78, 5) is 28.2. The third kappa shape index (κ3) is 25.3. The van der Waals surface area contributed by atoms with Gasteiger partial charge in [0.25, 0.3) is 0 Å². The Morgan fingerprint density at radius 1 is 0.455 bits per heavy atom. The van der Waals surface area contributed by atoms with Gasteiger partial charge in [-0.1, -0.05) is 141 Å². The number of allylic oxidation sites excluding steroid dienone is 4. The molecule has 0 aliphatic rings. The molecule has 44 heavy (non-hydrogen) atoms. The Bertz CT molecular complexity index is 647. The van der Waals surface area contributed by atoms with Crippen LogP contribution < -0.4 is 0 Å². The minimum Gasteiger partial charge on any atom is -0.297 e. The molecule has 0 fully saturated rings. The van der Waals surface area contributed by atoms with E-state index < -0.39 is 5.54 Å². The molecule has 0 heterocycles. The molecule has 0 spiro atoms. The van der Waals surface area contributed by atoms with Gasteiger partial charge >= 0.3 is 0 Å². The van der Waals surface area contributed by atoms with Crippen LogP contribution in [0.1, 0.15) is 201 Å². The third-order valence-electron chi connectivity index (χ3n) is 9.31. The van der Waals surface area contributed by atoms with Gasteiger partial charge in [-0.05, 0) is 85.2 Å². The van der Waals surface area contributed by atoms with Gasteiger partial charge in [0.2, 0.25) is 0 Å². The Morgan fingerprint density at radius 2 is 0.705 bits per heavy atom. The van der Waals surface area contributed by atoms with Gasteiger partial charge in [0.15, 0.2) is 11.6 Å². The molecule has 0 aromatic carbocycles. The molecule has 0 unspecified atom stereocenters. The van der Waals surface area contributed by atoms with Gasteiger partial charge in [-0.2, -0.15) is 0 Å². The van der Waals surface area contributed by atoms with Crippen molar-refractivity contribution in [3.63, 3.8) is 0 Å². The van der Waals surface area contributed by atoms with E-state index in [9.17, 15) is 9.59 Å². The summed E-state index contributed by atoms with van der Waals surface area (Å²) in [5, 5.41) is 0. The van der Waals surface area contributed by atoms with Crippen LogP contribution in [-0.4, -0.2) is 36.1 Å². The molecular formula is C40H76ClNO2. The first kappa shape index (κ1) is 45.2. The number of likely N-dealkylation sites (N-methyl/N-ethyl adjacent to an activating group) is 1. The van der Waals surface area contributed by atoms with E-state index in [1.54, 1.807) is 0 Å². The maximum absolute atomic E-state index is 13.2. The molecule has 0 radical (unpaired) electrons. The molecule has 0 aromatic rings. The first-order valence-corrected chi connectivity index (χ1v) is 18.9. The summed E-state index contributed by atoms with van der Waals surface area (Å²) in [6.07, 6.45) is 43.0. The number of hydrogen-bond acceptors (Lipinski definition) is 3. The number of Topliss-reactive ketones (excluding diaryl/α,β-unsaturated/α-hetero) is 2. The molecule has 0 amide bonds. The topological polar surface area (TPSA) is 37.4 Å². The summed E-state index contributed by atoms with van der Waals surface area (Å²) >= 11 is 0. The van der Waals surface area contributed by atoms with E-state index in [2.05, 4.69) is 38.2 Å². The number of carbonyl (C=O) groups excluding carboxylic acids is 2. The predicted octanol–water partition coefficient (Wildman–Crippen LogP) is 12.9. The van der Waals surface area contributed by atoms with Crippen molar-refractivity contribution in [1.82, 2.24) is 4.90 Å². The number of hydrogen-bond donors (Lipinski definition) is 0. The molecule has 0 N–H and O–H groups in total. The van der Waals surface area contributed by atoms with Crippen LogP contribution in [-0.2, 0) is 9.59 Å². The second-order valence-corrected chi connectivity index (χ2v) is 13.5. The largest absolute Gasteiger partial charge is 0.297 e. The summed E-state index contributed by atoms with van der Waals surface area (Å²) in [7, 11) is 3.77. The molecule has 0 aliphatic carbocycles. The molecule has 0 atom stereocenters.